The van der Waals surface area contributed by atoms with Gasteiger partial charge in [-0.05, 0) is 59.6 Å². The van der Waals surface area contributed by atoms with Crippen LogP contribution in [0.4, 0.5) is 0 Å². The molecule has 3 atom stereocenters. The quantitative estimate of drug-likeness (QED) is 0.519. The van der Waals surface area contributed by atoms with E-state index in [1.807, 2.05) is 12.1 Å². The molecule has 2 nitrogen and oxygen atoms in total. The number of esters is 1. The summed E-state index contributed by atoms with van der Waals surface area (Å²) in [7, 11) is 0. The van der Waals surface area contributed by atoms with E-state index in [1.165, 1.54) is 22.3 Å². The average Bonchev–Trinajstić information content (AvgIpc) is 3.27. The van der Waals surface area contributed by atoms with Crippen LogP contribution >= 0.6 is 0 Å². The van der Waals surface area contributed by atoms with Gasteiger partial charge in [0.1, 0.15) is 6.10 Å². The van der Waals surface area contributed by atoms with Gasteiger partial charge in [-0.25, -0.2) is 4.79 Å². The lowest BCUT2D eigenvalue weighted by Crippen LogP contribution is -2.22. The van der Waals surface area contributed by atoms with Crippen molar-refractivity contribution in [3.05, 3.63) is 71.3 Å². The van der Waals surface area contributed by atoms with Crippen LogP contribution in [-0.2, 0) is 11.2 Å². The summed E-state index contributed by atoms with van der Waals surface area (Å²) in [6.07, 6.45) is 7.64. The number of hydrogen-bond donors (Lipinski definition) is 0. The van der Waals surface area contributed by atoms with Crippen LogP contribution in [0.25, 0.3) is 11.1 Å². The van der Waals surface area contributed by atoms with Crippen LogP contribution in [0.15, 0.2) is 54.6 Å². The van der Waals surface area contributed by atoms with Gasteiger partial charge in [0.25, 0.3) is 0 Å². The van der Waals surface area contributed by atoms with Gasteiger partial charge >= 0.3 is 5.97 Å². The molecule has 3 aliphatic rings. The van der Waals surface area contributed by atoms with Crippen molar-refractivity contribution < 1.29 is 9.53 Å². The van der Waals surface area contributed by atoms with E-state index in [9.17, 15) is 4.79 Å². The van der Waals surface area contributed by atoms with Gasteiger partial charge in [0.15, 0.2) is 0 Å². The van der Waals surface area contributed by atoms with Gasteiger partial charge < -0.3 is 4.74 Å². The summed E-state index contributed by atoms with van der Waals surface area (Å²) in [5, 5.41) is 0. The molecule has 23 heavy (non-hydrogen) atoms. The zero-order valence-electron chi connectivity index (χ0n) is 12.9. The topological polar surface area (TPSA) is 26.3 Å². The molecule has 0 spiro atoms. The van der Waals surface area contributed by atoms with Crippen LogP contribution in [0, 0.1) is 11.8 Å². The first kappa shape index (κ1) is 13.1. The van der Waals surface area contributed by atoms with Crippen LogP contribution in [0.3, 0.4) is 0 Å². The highest BCUT2D eigenvalue weighted by atomic mass is 16.5. The van der Waals surface area contributed by atoms with Crippen LogP contribution in [0.2, 0.25) is 0 Å². The van der Waals surface area contributed by atoms with Crippen molar-refractivity contribution in [3.8, 4) is 11.1 Å². The second-order valence-electron chi connectivity index (χ2n) is 6.93. The molecule has 5 rings (SSSR count). The maximum Gasteiger partial charge on any atom is 0.338 e. The first-order valence-electron chi connectivity index (χ1n) is 8.38. The molecule has 0 saturated heterocycles. The van der Waals surface area contributed by atoms with Crippen molar-refractivity contribution in [2.24, 2.45) is 11.8 Å². The maximum atomic E-state index is 12.5. The normalized spacial score (nSPS) is 26.2. The predicted octanol–water partition coefficient (Wildman–Crippen LogP) is 4.38. The molecule has 0 amide bonds. The number of rotatable bonds is 2. The van der Waals surface area contributed by atoms with E-state index in [0.29, 0.717) is 17.4 Å². The number of allylic oxidation sites excluding steroid dienone is 1. The third-order valence-corrected chi connectivity index (χ3v) is 5.51. The van der Waals surface area contributed by atoms with Gasteiger partial charge in [0, 0.05) is 5.92 Å². The summed E-state index contributed by atoms with van der Waals surface area (Å²) >= 11 is 0. The summed E-state index contributed by atoms with van der Waals surface area (Å²) in [4.78, 5) is 12.5. The van der Waals surface area contributed by atoms with Crippen molar-refractivity contribution in [2.75, 3.05) is 0 Å². The smallest absolute Gasteiger partial charge is 0.338 e. The lowest BCUT2D eigenvalue weighted by atomic mass is 10.0. The van der Waals surface area contributed by atoms with Crippen LogP contribution in [0.1, 0.15) is 34.3 Å². The molecule has 1 saturated carbocycles. The molecule has 0 radical (unpaired) electrons. The molecule has 0 aliphatic heterocycles. The minimum absolute atomic E-state index is 0.0676. The molecule has 3 aliphatic carbocycles. The fourth-order valence-electron chi connectivity index (χ4n) is 4.32. The van der Waals surface area contributed by atoms with Crippen molar-refractivity contribution >= 4 is 5.97 Å². The molecular formula is C21H18O2. The molecule has 114 valence electrons. The lowest BCUT2D eigenvalue weighted by Gasteiger charge is -2.19. The SMILES string of the molecule is O=C(OC1CC2C=CC1C2)c1ccc2c(c1)-c1ccccc1C2. The van der Waals surface area contributed by atoms with E-state index in [0.717, 1.165) is 19.3 Å². The molecule has 2 bridgehead atoms. The minimum atomic E-state index is -0.178. The van der Waals surface area contributed by atoms with Crippen molar-refractivity contribution in [3.63, 3.8) is 0 Å². The zero-order chi connectivity index (χ0) is 15.4. The summed E-state index contributed by atoms with van der Waals surface area (Å²) in [6, 6.07) is 14.4. The Balaban J connectivity index is 1.42. The monoisotopic (exact) mass is 302 g/mol. The van der Waals surface area contributed by atoms with Gasteiger partial charge in [-0.1, -0.05) is 42.5 Å². The molecule has 2 aromatic rings. The fraction of sp³-hybridized carbons (Fsp3) is 0.286. The van der Waals surface area contributed by atoms with Crippen LogP contribution < -0.4 is 0 Å². The van der Waals surface area contributed by atoms with E-state index >= 15 is 0 Å². The highest BCUT2D eigenvalue weighted by Crippen LogP contribution is 2.41. The molecule has 2 aromatic carbocycles. The average molecular weight is 302 g/mol. The van der Waals surface area contributed by atoms with E-state index < -0.39 is 0 Å². The molecular weight excluding hydrogens is 284 g/mol. The lowest BCUT2D eigenvalue weighted by molar-refractivity contribution is 0.0242. The highest BCUT2D eigenvalue weighted by Gasteiger charge is 2.38. The Hall–Kier alpha value is -2.35. The van der Waals surface area contributed by atoms with Gasteiger partial charge in [-0.3, -0.25) is 0 Å². The Morgan fingerprint density at radius 3 is 2.65 bits per heavy atom. The van der Waals surface area contributed by atoms with Crippen molar-refractivity contribution in [1.82, 2.24) is 0 Å². The number of ether oxygens (including phenoxy) is 1. The van der Waals surface area contributed by atoms with Crippen LogP contribution in [-0.4, -0.2) is 12.1 Å². The number of hydrogen-bond acceptors (Lipinski definition) is 2. The zero-order valence-corrected chi connectivity index (χ0v) is 12.9. The molecule has 0 N–H and O–H groups in total. The van der Waals surface area contributed by atoms with E-state index in [-0.39, 0.29) is 12.1 Å². The number of carbonyl (C=O) groups is 1. The molecule has 2 heteroatoms. The van der Waals surface area contributed by atoms with Crippen molar-refractivity contribution in [2.45, 2.75) is 25.4 Å². The van der Waals surface area contributed by atoms with E-state index in [2.05, 4.69) is 42.5 Å². The Morgan fingerprint density at radius 1 is 0.957 bits per heavy atom. The van der Waals surface area contributed by atoms with E-state index in [1.54, 1.807) is 0 Å². The predicted molar refractivity (Wildman–Crippen MR) is 89.2 cm³/mol. The summed E-state index contributed by atoms with van der Waals surface area (Å²) in [5.74, 6) is 0.868. The number of carbonyl (C=O) groups excluding carboxylic acids is 1. The largest absolute Gasteiger partial charge is 0.458 e. The maximum absolute atomic E-state index is 12.5. The molecule has 0 heterocycles. The standard InChI is InChI=1S/C21H18O2/c22-21(23-20-10-13-5-6-16(20)9-13)17-8-7-15-11-14-3-1-2-4-18(14)19(15)12-17/h1-8,12-13,16,20H,9-11H2. The first-order chi connectivity index (χ1) is 11.3. The number of fused-ring (bicyclic) bond motifs is 5. The number of benzene rings is 2. The Kier molecular flexibility index (Phi) is 2.75. The highest BCUT2D eigenvalue weighted by molar-refractivity contribution is 5.92. The third kappa shape index (κ3) is 2.05. The first-order valence-corrected chi connectivity index (χ1v) is 8.38. The van der Waals surface area contributed by atoms with E-state index in [4.69, 9.17) is 4.74 Å². The summed E-state index contributed by atoms with van der Waals surface area (Å²) in [6.45, 7) is 0. The Labute approximate surface area is 135 Å². The molecule has 3 unspecified atom stereocenters. The second kappa shape index (κ2) is 4.82. The molecule has 0 aromatic heterocycles. The second-order valence-corrected chi connectivity index (χ2v) is 6.93. The van der Waals surface area contributed by atoms with Crippen molar-refractivity contribution in [1.29, 1.82) is 0 Å². The Bertz CT molecular complexity index is 833. The molecule has 1 fully saturated rings. The minimum Gasteiger partial charge on any atom is -0.458 e. The van der Waals surface area contributed by atoms with Crippen LogP contribution in [0.5, 0.6) is 0 Å². The Morgan fingerprint density at radius 2 is 1.83 bits per heavy atom. The van der Waals surface area contributed by atoms with Gasteiger partial charge in [0.2, 0.25) is 0 Å². The summed E-state index contributed by atoms with van der Waals surface area (Å²) in [5.41, 5.74) is 5.74. The summed E-state index contributed by atoms with van der Waals surface area (Å²) < 4.78 is 5.79. The fourth-order valence-corrected chi connectivity index (χ4v) is 4.32. The third-order valence-electron chi connectivity index (χ3n) is 5.51. The van der Waals surface area contributed by atoms with Gasteiger partial charge in [-0.2, -0.15) is 0 Å². The van der Waals surface area contributed by atoms with Gasteiger partial charge in [-0.15, -0.1) is 0 Å². The van der Waals surface area contributed by atoms with Gasteiger partial charge in [0.05, 0.1) is 5.56 Å².